The SMILES string of the molecule is CC[CH2][Ge]1[CH2]CC[CH2]1. The van der Waals surface area contributed by atoms with E-state index in [1.165, 1.54) is 6.42 Å². The number of rotatable bonds is 2. The van der Waals surface area contributed by atoms with E-state index in [1.54, 1.807) is 28.6 Å². The number of hydrogen-bond acceptors (Lipinski definition) is 0. The van der Waals surface area contributed by atoms with Crippen LogP contribution in [0.2, 0.25) is 15.8 Å². The minimum absolute atomic E-state index is 0.319. The fraction of sp³-hybridized carbons (Fsp3) is 1.00. The minimum atomic E-state index is -0.319. The second kappa shape index (κ2) is 3.55. The van der Waals surface area contributed by atoms with Crippen molar-refractivity contribution in [2.24, 2.45) is 0 Å². The second-order valence-corrected chi connectivity index (χ2v) is 9.00. The Balaban J connectivity index is 2.06. The molecule has 47 valence electrons. The molecule has 0 unspecified atom stereocenters. The predicted molar refractivity (Wildman–Crippen MR) is 39.7 cm³/mol. The van der Waals surface area contributed by atoms with E-state index in [9.17, 15) is 0 Å². The van der Waals surface area contributed by atoms with Gasteiger partial charge in [-0.1, -0.05) is 0 Å². The van der Waals surface area contributed by atoms with Crippen LogP contribution in [0.15, 0.2) is 0 Å². The zero-order valence-electron chi connectivity index (χ0n) is 5.74. The third-order valence-corrected chi connectivity index (χ3v) is 8.90. The summed E-state index contributed by atoms with van der Waals surface area (Å²) in [7, 11) is 0. The van der Waals surface area contributed by atoms with Crippen LogP contribution in [0.25, 0.3) is 0 Å². The van der Waals surface area contributed by atoms with E-state index in [1.807, 2.05) is 0 Å². The van der Waals surface area contributed by atoms with Crippen molar-refractivity contribution in [1.82, 2.24) is 0 Å². The molecular weight excluding hydrogens is 157 g/mol. The normalized spacial score (nSPS) is 22.1. The van der Waals surface area contributed by atoms with Crippen LogP contribution in [0.5, 0.6) is 0 Å². The molecule has 0 aliphatic carbocycles. The van der Waals surface area contributed by atoms with Gasteiger partial charge in [0.15, 0.2) is 0 Å². The summed E-state index contributed by atoms with van der Waals surface area (Å²) in [4.78, 5) is 0. The van der Waals surface area contributed by atoms with Crippen molar-refractivity contribution in [2.75, 3.05) is 0 Å². The Hall–Kier alpha value is 0.543. The molecule has 1 aliphatic rings. The molecule has 0 saturated carbocycles. The van der Waals surface area contributed by atoms with E-state index in [0.29, 0.717) is 0 Å². The Morgan fingerprint density at radius 1 is 1.25 bits per heavy atom. The molecule has 0 spiro atoms. The summed E-state index contributed by atoms with van der Waals surface area (Å²) in [5.41, 5.74) is 0. The Labute approximate surface area is 56.8 Å². The monoisotopic (exact) mass is 173 g/mol. The Morgan fingerprint density at radius 2 is 1.88 bits per heavy atom. The molecule has 1 aliphatic heterocycles. The summed E-state index contributed by atoms with van der Waals surface area (Å²) in [6.45, 7) is 2.33. The van der Waals surface area contributed by atoms with Crippen molar-refractivity contribution in [3.63, 3.8) is 0 Å². The topological polar surface area (TPSA) is 0 Å². The molecule has 1 fully saturated rings. The molecule has 0 nitrogen and oxygen atoms in total. The van der Waals surface area contributed by atoms with E-state index >= 15 is 0 Å². The standard InChI is InChI=1S/C7H15Ge/c1-2-5-8-6-3-4-7-8/h2-7H2,1H3. The molecule has 0 bridgehead atoms. The van der Waals surface area contributed by atoms with Gasteiger partial charge in [-0.2, -0.15) is 0 Å². The van der Waals surface area contributed by atoms with Gasteiger partial charge in [0.25, 0.3) is 0 Å². The van der Waals surface area contributed by atoms with Gasteiger partial charge in [0.1, 0.15) is 0 Å². The third-order valence-electron chi connectivity index (χ3n) is 1.91. The van der Waals surface area contributed by atoms with Crippen LogP contribution in [0.1, 0.15) is 26.2 Å². The van der Waals surface area contributed by atoms with Crippen molar-refractivity contribution in [3.05, 3.63) is 0 Å². The Bertz CT molecular complexity index is 55.4. The summed E-state index contributed by atoms with van der Waals surface area (Å²) in [5.74, 6) is 0. The summed E-state index contributed by atoms with van der Waals surface area (Å²) < 4.78 is 0. The molecular formula is C7H15Ge. The average molecular weight is 172 g/mol. The zero-order valence-corrected chi connectivity index (χ0v) is 7.84. The van der Waals surface area contributed by atoms with Crippen LogP contribution < -0.4 is 0 Å². The van der Waals surface area contributed by atoms with Gasteiger partial charge in [0, 0.05) is 0 Å². The molecule has 1 rings (SSSR count). The molecule has 1 saturated heterocycles. The van der Waals surface area contributed by atoms with E-state index in [-0.39, 0.29) is 14.3 Å². The second-order valence-electron chi connectivity index (χ2n) is 2.71. The van der Waals surface area contributed by atoms with E-state index in [4.69, 9.17) is 0 Å². The summed E-state index contributed by atoms with van der Waals surface area (Å²) in [5, 5.41) is 5.03. The predicted octanol–water partition coefficient (Wildman–Crippen LogP) is 2.69. The molecule has 8 heavy (non-hydrogen) atoms. The van der Waals surface area contributed by atoms with Gasteiger partial charge >= 0.3 is 56.3 Å². The van der Waals surface area contributed by atoms with Crippen molar-refractivity contribution in [2.45, 2.75) is 41.9 Å². The summed E-state index contributed by atoms with van der Waals surface area (Å²) in [6.07, 6.45) is 4.62. The van der Waals surface area contributed by atoms with Crippen LogP contribution in [0.4, 0.5) is 0 Å². The maximum absolute atomic E-state index is 2.33. The molecule has 0 N–H and O–H groups in total. The van der Waals surface area contributed by atoms with Crippen LogP contribution in [0, 0.1) is 0 Å². The van der Waals surface area contributed by atoms with Gasteiger partial charge in [0.05, 0.1) is 0 Å². The van der Waals surface area contributed by atoms with Gasteiger partial charge in [-0.15, -0.1) is 0 Å². The van der Waals surface area contributed by atoms with E-state index in [0.717, 1.165) is 0 Å². The van der Waals surface area contributed by atoms with Crippen molar-refractivity contribution < 1.29 is 0 Å². The average Bonchev–Trinajstić information content (AvgIpc) is 2.19. The first kappa shape index (κ1) is 6.66. The molecule has 0 aromatic rings. The molecule has 1 heterocycles. The third kappa shape index (κ3) is 1.81. The van der Waals surface area contributed by atoms with Crippen molar-refractivity contribution in [3.8, 4) is 0 Å². The van der Waals surface area contributed by atoms with Crippen molar-refractivity contribution in [1.29, 1.82) is 0 Å². The van der Waals surface area contributed by atoms with Crippen LogP contribution >= 0.6 is 0 Å². The Morgan fingerprint density at radius 3 is 2.38 bits per heavy atom. The van der Waals surface area contributed by atoms with Gasteiger partial charge in [-0.25, -0.2) is 0 Å². The zero-order chi connectivity index (χ0) is 5.82. The quantitative estimate of drug-likeness (QED) is 0.561. The van der Waals surface area contributed by atoms with Crippen LogP contribution in [-0.2, 0) is 0 Å². The molecule has 1 heteroatoms. The molecule has 0 amide bonds. The molecule has 0 atom stereocenters. The van der Waals surface area contributed by atoms with Crippen molar-refractivity contribution >= 4 is 14.3 Å². The first-order valence-corrected chi connectivity index (χ1v) is 8.22. The fourth-order valence-electron chi connectivity index (χ4n) is 1.48. The van der Waals surface area contributed by atoms with Gasteiger partial charge < -0.3 is 0 Å². The van der Waals surface area contributed by atoms with E-state index in [2.05, 4.69) is 6.92 Å². The molecule has 1 radical (unpaired) electrons. The van der Waals surface area contributed by atoms with Gasteiger partial charge in [-0.3, -0.25) is 0 Å². The summed E-state index contributed by atoms with van der Waals surface area (Å²) >= 11 is -0.319. The molecule has 0 aromatic carbocycles. The first-order valence-electron chi connectivity index (χ1n) is 3.77. The Kier molecular flexibility index (Phi) is 2.95. The van der Waals surface area contributed by atoms with Gasteiger partial charge in [0.2, 0.25) is 0 Å². The van der Waals surface area contributed by atoms with Crippen LogP contribution in [0.3, 0.4) is 0 Å². The van der Waals surface area contributed by atoms with Gasteiger partial charge in [-0.05, 0) is 0 Å². The first-order chi connectivity index (χ1) is 3.93. The van der Waals surface area contributed by atoms with E-state index < -0.39 is 0 Å². The summed E-state index contributed by atoms with van der Waals surface area (Å²) in [6, 6.07) is 0. The van der Waals surface area contributed by atoms with Crippen LogP contribution in [-0.4, -0.2) is 14.3 Å². The fourth-order valence-corrected chi connectivity index (χ4v) is 7.68. The number of hydrogen-bond donors (Lipinski definition) is 0. The maximum atomic E-state index is 2.33. The molecule has 0 aromatic heterocycles.